The van der Waals surface area contributed by atoms with Crippen molar-refractivity contribution >= 4 is 5.84 Å². The molecule has 6 heteroatoms. The normalized spacial score (nSPS) is 22.5. The summed E-state index contributed by atoms with van der Waals surface area (Å²) >= 11 is 0. The second kappa shape index (κ2) is 7.28. The van der Waals surface area contributed by atoms with Gasteiger partial charge in [0.05, 0.1) is 13.2 Å². The maximum absolute atomic E-state index is 8.76. The number of nitrogens with two attached hydrogens (primary N) is 1. The van der Waals surface area contributed by atoms with E-state index in [2.05, 4.69) is 17.4 Å². The van der Waals surface area contributed by atoms with Crippen LogP contribution in [0.4, 0.5) is 0 Å². The molecule has 0 amide bonds. The summed E-state index contributed by atoms with van der Waals surface area (Å²) in [4.78, 5) is 0. The number of nitrogens with zero attached hydrogens (tertiary/aromatic N) is 1. The number of rotatable bonds is 6. The van der Waals surface area contributed by atoms with Gasteiger partial charge in [0.2, 0.25) is 0 Å². The van der Waals surface area contributed by atoms with E-state index in [1.165, 1.54) is 0 Å². The van der Waals surface area contributed by atoms with Gasteiger partial charge in [-0.2, -0.15) is 0 Å². The fraction of sp³-hybridized carbons (Fsp3) is 0.533. The van der Waals surface area contributed by atoms with E-state index in [1.54, 1.807) is 13.2 Å². The molecule has 21 heavy (non-hydrogen) atoms. The van der Waals surface area contributed by atoms with E-state index in [4.69, 9.17) is 20.4 Å². The summed E-state index contributed by atoms with van der Waals surface area (Å²) in [5, 5.41) is 15.2. The van der Waals surface area contributed by atoms with Gasteiger partial charge in [0, 0.05) is 30.8 Å². The van der Waals surface area contributed by atoms with Gasteiger partial charge in [0.1, 0.15) is 5.75 Å². The van der Waals surface area contributed by atoms with Crippen LogP contribution in [0.25, 0.3) is 0 Å². The predicted octanol–water partition coefficient (Wildman–Crippen LogP) is 1.30. The van der Waals surface area contributed by atoms with Crippen LogP contribution in [0, 0.1) is 5.92 Å². The summed E-state index contributed by atoms with van der Waals surface area (Å²) in [5.74, 6) is 1.42. The molecule has 1 aliphatic heterocycles. The Morgan fingerprint density at radius 3 is 3.00 bits per heavy atom. The molecule has 1 saturated heterocycles. The second-order valence-electron chi connectivity index (χ2n) is 5.27. The lowest BCUT2D eigenvalue weighted by atomic mass is 10.0. The minimum atomic E-state index is 0.0942. The van der Waals surface area contributed by atoms with E-state index < -0.39 is 0 Å². The fourth-order valence-corrected chi connectivity index (χ4v) is 2.57. The average Bonchev–Trinajstić information content (AvgIpc) is 2.91. The van der Waals surface area contributed by atoms with E-state index in [0.29, 0.717) is 24.1 Å². The van der Waals surface area contributed by atoms with Crippen LogP contribution in [0.3, 0.4) is 0 Å². The summed E-state index contributed by atoms with van der Waals surface area (Å²) in [5.41, 5.74) is 7.28. The van der Waals surface area contributed by atoms with Crippen LogP contribution in [0.1, 0.15) is 24.5 Å². The predicted molar refractivity (Wildman–Crippen MR) is 80.7 cm³/mol. The van der Waals surface area contributed by atoms with Crippen molar-refractivity contribution in [1.29, 1.82) is 0 Å². The Labute approximate surface area is 124 Å². The van der Waals surface area contributed by atoms with E-state index in [9.17, 15) is 0 Å². The van der Waals surface area contributed by atoms with Crippen molar-refractivity contribution in [1.82, 2.24) is 5.32 Å². The summed E-state index contributed by atoms with van der Waals surface area (Å²) in [6.07, 6.45) is 1.40. The van der Waals surface area contributed by atoms with E-state index in [0.717, 1.165) is 30.9 Å². The molecule has 1 fully saturated rings. The lowest BCUT2D eigenvalue weighted by Crippen LogP contribution is -2.27. The van der Waals surface area contributed by atoms with Gasteiger partial charge in [0.25, 0.3) is 0 Å². The third-order valence-electron chi connectivity index (χ3n) is 3.94. The van der Waals surface area contributed by atoms with Gasteiger partial charge in [-0.15, -0.1) is 0 Å². The number of benzene rings is 1. The van der Waals surface area contributed by atoms with Crippen LogP contribution >= 0.6 is 0 Å². The van der Waals surface area contributed by atoms with Gasteiger partial charge in [-0.3, -0.25) is 0 Å². The molecule has 6 nitrogen and oxygen atoms in total. The molecule has 1 heterocycles. The molecule has 2 atom stereocenters. The van der Waals surface area contributed by atoms with Crippen LogP contribution in [-0.2, 0) is 11.3 Å². The quantitative estimate of drug-likeness (QED) is 0.318. The average molecular weight is 293 g/mol. The van der Waals surface area contributed by atoms with Crippen molar-refractivity contribution in [3.05, 3.63) is 29.3 Å². The number of nitrogens with one attached hydrogen (secondary N) is 1. The largest absolute Gasteiger partial charge is 0.496 e. The van der Waals surface area contributed by atoms with Crippen molar-refractivity contribution in [3.8, 4) is 5.75 Å². The number of methoxy groups -OCH3 is 1. The van der Waals surface area contributed by atoms with Crippen molar-refractivity contribution in [2.45, 2.75) is 26.0 Å². The molecule has 116 valence electrons. The zero-order chi connectivity index (χ0) is 15.2. The first-order valence-electron chi connectivity index (χ1n) is 7.12. The highest BCUT2D eigenvalue weighted by atomic mass is 16.5. The van der Waals surface area contributed by atoms with Crippen LogP contribution in [-0.4, -0.2) is 37.4 Å². The topological polar surface area (TPSA) is 89.1 Å². The molecule has 1 aromatic rings. The third-order valence-corrected chi connectivity index (χ3v) is 3.94. The standard InChI is InChI=1S/C15H23N3O3/c1-10-12(5-6-21-10)8-17-9-13-7-11(15(16)18-19)3-4-14(13)20-2/h3-4,7,10,12,17,19H,5-6,8-9H2,1-2H3,(H2,16,18). The maximum Gasteiger partial charge on any atom is 0.170 e. The first kappa shape index (κ1) is 15.6. The summed E-state index contributed by atoms with van der Waals surface area (Å²) in [7, 11) is 1.63. The van der Waals surface area contributed by atoms with Crippen molar-refractivity contribution in [2.24, 2.45) is 16.8 Å². The molecule has 0 saturated carbocycles. The Bertz CT molecular complexity index is 505. The van der Waals surface area contributed by atoms with Gasteiger partial charge >= 0.3 is 0 Å². The second-order valence-corrected chi connectivity index (χ2v) is 5.27. The minimum absolute atomic E-state index is 0.0942. The van der Waals surface area contributed by atoms with Gasteiger partial charge in [-0.1, -0.05) is 5.16 Å². The third kappa shape index (κ3) is 3.86. The summed E-state index contributed by atoms with van der Waals surface area (Å²) in [6, 6.07) is 5.46. The van der Waals surface area contributed by atoms with Crippen molar-refractivity contribution in [2.75, 3.05) is 20.3 Å². The maximum atomic E-state index is 8.76. The summed E-state index contributed by atoms with van der Waals surface area (Å²) < 4.78 is 10.9. The van der Waals surface area contributed by atoms with Gasteiger partial charge in [-0.05, 0) is 37.5 Å². The highest BCUT2D eigenvalue weighted by Gasteiger charge is 2.23. The van der Waals surface area contributed by atoms with Crippen LogP contribution in [0.5, 0.6) is 5.75 Å². The number of amidine groups is 1. The zero-order valence-electron chi connectivity index (χ0n) is 12.5. The Balaban J connectivity index is 2.00. The zero-order valence-corrected chi connectivity index (χ0v) is 12.5. The van der Waals surface area contributed by atoms with Crippen LogP contribution in [0.2, 0.25) is 0 Å². The van der Waals surface area contributed by atoms with Crippen LogP contribution in [0.15, 0.2) is 23.4 Å². The van der Waals surface area contributed by atoms with Gasteiger partial charge < -0.3 is 25.7 Å². The van der Waals surface area contributed by atoms with E-state index in [-0.39, 0.29) is 5.84 Å². The Morgan fingerprint density at radius 2 is 2.38 bits per heavy atom. The first-order valence-corrected chi connectivity index (χ1v) is 7.12. The smallest absolute Gasteiger partial charge is 0.170 e. The highest BCUT2D eigenvalue weighted by Crippen LogP contribution is 2.22. The Kier molecular flexibility index (Phi) is 5.41. The van der Waals surface area contributed by atoms with Crippen molar-refractivity contribution in [3.63, 3.8) is 0 Å². The fourth-order valence-electron chi connectivity index (χ4n) is 2.57. The first-order chi connectivity index (χ1) is 10.2. The monoisotopic (exact) mass is 293 g/mol. The molecule has 2 unspecified atom stereocenters. The van der Waals surface area contributed by atoms with Crippen molar-refractivity contribution < 1.29 is 14.7 Å². The molecule has 4 N–H and O–H groups in total. The molecule has 0 aliphatic carbocycles. The molecular formula is C15H23N3O3. The molecule has 0 aromatic heterocycles. The van der Waals surface area contributed by atoms with Gasteiger partial charge in [-0.25, -0.2) is 0 Å². The Morgan fingerprint density at radius 1 is 1.57 bits per heavy atom. The number of oxime groups is 1. The highest BCUT2D eigenvalue weighted by molar-refractivity contribution is 5.97. The molecular weight excluding hydrogens is 270 g/mol. The van der Waals surface area contributed by atoms with E-state index in [1.807, 2.05) is 12.1 Å². The SMILES string of the molecule is COc1ccc(/C(N)=N/O)cc1CNCC1CCOC1C. The van der Waals surface area contributed by atoms with Crippen LogP contribution < -0.4 is 15.8 Å². The minimum Gasteiger partial charge on any atom is -0.496 e. The molecule has 2 rings (SSSR count). The molecule has 1 aliphatic rings. The Hall–Kier alpha value is -1.79. The number of hydrogen-bond acceptors (Lipinski definition) is 5. The molecule has 0 radical (unpaired) electrons. The lowest BCUT2D eigenvalue weighted by molar-refractivity contribution is 0.105. The van der Waals surface area contributed by atoms with Gasteiger partial charge in [0.15, 0.2) is 5.84 Å². The molecule has 0 bridgehead atoms. The molecule has 1 aromatic carbocycles. The summed E-state index contributed by atoms with van der Waals surface area (Å²) in [6.45, 7) is 4.52. The lowest BCUT2D eigenvalue weighted by Gasteiger charge is -2.16. The van der Waals surface area contributed by atoms with E-state index >= 15 is 0 Å². The molecule has 0 spiro atoms. The number of ether oxygens (including phenoxy) is 2. The number of hydrogen-bond donors (Lipinski definition) is 3.